The summed E-state index contributed by atoms with van der Waals surface area (Å²) in [6, 6.07) is 68.0. The first-order valence-electron chi connectivity index (χ1n) is 18.0. The lowest BCUT2D eigenvalue weighted by Crippen LogP contribution is -2.14. The summed E-state index contributed by atoms with van der Waals surface area (Å²) in [6.45, 7) is 0. The zero-order valence-electron chi connectivity index (χ0n) is 28.7. The molecule has 0 unspecified atom stereocenters. The van der Waals surface area contributed by atoms with E-state index in [1.807, 2.05) is 17.4 Å². The number of anilines is 3. The van der Waals surface area contributed by atoms with Crippen LogP contribution in [0.3, 0.4) is 0 Å². The van der Waals surface area contributed by atoms with Crippen molar-refractivity contribution in [2.24, 2.45) is 0 Å². The summed E-state index contributed by atoms with van der Waals surface area (Å²) >= 11 is 1.85. The summed E-state index contributed by atoms with van der Waals surface area (Å²) in [5.74, 6) is 0. The van der Waals surface area contributed by atoms with Crippen LogP contribution in [0.4, 0.5) is 17.1 Å². The molecule has 0 atom stereocenters. The molecule has 11 aromatic rings. The lowest BCUT2D eigenvalue weighted by atomic mass is 9.89. The molecule has 2 heterocycles. The number of rotatable bonds is 5. The van der Waals surface area contributed by atoms with Crippen LogP contribution < -0.4 is 4.90 Å². The Morgan fingerprint density at radius 3 is 1.79 bits per heavy atom. The van der Waals surface area contributed by atoms with Gasteiger partial charge in [-0.2, -0.15) is 0 Å². The molecule has 0 aliphatic carbocycles. The predicted molar refractivity (Wildman–Crippen MR) is 227 cm³/mol. The Morgan fingerprint density at radius 1 is 0.377 bits per heavy atom. The number of furan rings is 1. The van der Waals surface area contributed by atoms with E-state index in [-0.39, 0.29) is 0 Å². The molecular weight excluding hydrogens is 663 g/mol. The SMILES string of the molecule is c1ccc(-c2c(N(c3ccccc3-c3cccc4c3oc3ccccc34)c3cccc4sc5ccccc5c34)c3ccccc3c3ccccc23)cc1. The van der Waals surface area contributed by atoms with Crippen LogP contribution in [-0.4, -0.2) is 0 Å². The van der Waals surface area contributed by atoms with Gasteiger partial charge in [-0.25, -0.2) is 0 Å². The number of fused-ring (bicyclic) bond motifs is 9. The Bertz CT molecular complexity index is 3190. The molecule has 0 fully saturated rings. The van der Waals surface area contributed by atoms with Crippen molar-refractivity contribution in [2.45, 2.75) is 0 Å². The molecule has 0 spiro atoms. The number of para-hydroxylation sites is 3. The second kappa shape index (κ2) is 11.9. The van der Waals surface area contributed by atoms with Gasteiger partial charge in [0, 0.05) is 53.0 Å². The van der Waals surface area contributed by atoms with Gasteiger partial charge in [0.15, 0.2) is 0 Å². The van der Waals surface area contributed by atoms with Gasteiger partial charge in [0.2, 0.25) is 0 Å². The first-order valence-corrected chi connectivity index (χ1v) is 18.8. The van der Waals surface area contributed by atoms with E-state index in [0.29, 0.717) is 0 Å². The minimum Gasteiger partial charge on any atom is -0.455 e. The van der Waals surface area contributed by atoms with Gasteiger partial charge in [-0.15, -0.1) is 11.3 Å². The lowest BCUT2D eigenvalue weighted by Gasteiger charge is -2.32. The van der Waals surface area contributed by atoms with Crippen molar-refractivity contribution in [3.63, 3.8) is 0 Å². The van der Waals surface area contributed by atoms with E-state index in [2.05, 4.69) is 187 Å². The highest BCUT2D eigenvalue weighted by Crippen LogP contribution is 2.54. The van der Waals surface area contributed by atoms with Crippen molar-refractivity contribution in [3.05, 3.63) is 188 Å². The van der Waals surface area contributed by atoms with Crippen molar-refractivity contribution in [2.75, 3.05) is 4.90 Å². The van der Waals surface area contributed by atoms with Crippen molar-refractivity contribution >= 4 is 92.1 Å². The molecule has 3 heteroatoms. The third-order valence-corrected chi connectivity index (χ3v) is 11.8. The standard InChI is InChI=1S/C50H31NOS/c1-2-16-32(17-3-1)47-37-22-6-4-18-33(37)34-19-5-7-23-38(34)49(47)51(43-28-15-31-46-48(43)41-24-10-13-30-45(41)53-46)42-27-11-8-20-35(42)39-25-14-26-40-36-21-9-12-29-44(36)52-50(39)40/h1-31H. The van der Waals surface area contributed by atoms with Gasteiger partial charge in [0.05, 0.1) is 17.1 Å². The highest BCUT2D eigenvalue weighted by molar-refractivity contribution is 7.26. The first-order chi connectivity index (χ1) is 26.3. The molecule has 2 aromatic heterocycles. The van der Waals surface area contributed by atoms with Gasteiger partial charge in [0.1, 0.15) is 11.2 Å². The Morgan fingerprint density at radius 2 is 0.943 bits per heavy atom. The summed E-state index contributed by atoms with van der Waals surface area (Å²) in [7, 11) is 0. The Kier molecular flexibility index (Phi) is 6.76. The van der Waals surface area contributed by atoms with Gasteiger partial charge in [0.25, 0.3) is 0 Å². The minimum absolute atomic E-state index is 0.894. The number of nitrogens with zero attached hydrogens (tertiary/aromatic N) is 1. The van der Waals surface area contributed by atoms with E-state index in [0.717, 1.165) is 50.1 Å². The van der Waals surface area contributed by atoms with Gasteiger partial charge >= 0.3 is 0 Å². The average Bonchev–Trinajstić information content (AvgIpc) is 3.81. The van der Waals surface area contributed by atoms with Crippen LogP contribution in [0.1, 0.15) is 0 Å². The number of thiophene rings is 1. The third kappa shape index (κ3) is 4.58. The van der Waals surface area contributed by atoms with E-state index in [1.54, 1.807) is 0 Å². The zero-order chi connectivity index (χ0) is 34.9. The molecule has 0 amide bonds. The van der Waals surface area contributed by atoms with Crippen LogP contribution in [0.15, 0.2) is 192 Å². The maximum atomic E-state index is 6.70. The number of benzene rings is 9. The minimum atomic E-state index is 0.894. The largest absolute Gasteiger partial charge is 0.455 e. The second-order valence-corrected chi connectivity index (χ2v) is 14.6. The summed E-state index contributed by atoms with van der Waals surface area (Å²) in [4.78, 5) is 2.55. The quantitative estimate of drug-likeness (QED) is 0.167. The fourth-order valence-corrected chi connectivity index (χ4v) is 9.55. The average molecular weight is 694 g/mol. The van der Waals surface area contributed by atoms with Gasteiger partial charge in [-0.3, -0.25) is 0 Å². The molecular formula is C50H31NOS. The monoisotopic (exact) mass is 693 g/mol. The van der Waals surface area contributed by atoms with Crippen molar-refractivity contribution in [1.82, 2.24) is 0 Å². The van der Waals surface area contributed by atoms with E-state index < -0.39 is 0 Å². The third-order valence-electron chi connectivity index (χ3n) is 10.7. The topological polar surface area (TPSA) is 16.4 Å². The van der Waals surface area contributed by atoms with E-state index >= 15 is 0 Å². The summed E-state index contributed by atoms with van der Waals surface area (Å²) in [5, 5.41) is 9.63. The molecule has 0 aliphatic heterocycles. The van der Waals surface area contributed by atoms with Gasteiger partial charge in [-0.1, -0.05) is 158 Å². The maximum absolute atomic E-state index is 6.70. The molecule has 0 aliphatic rings. The van der Waals surface area contributed by atoms with E-state index in [1.165, 1.54) is 52.8 Å². The summed E-state index contributed by atoms with van der Waals surface area (Å²) in [6.07, 6.45) is 0. The number of hydrogen-bond donors (Lipinski definition) is 0. The Labute approximate surface area is 310 Å². The normalized spacial score (nSPS) is 11.8. The van der Waals surface area contributed by atoms with Gasteiger partial charge in [-0.05, 0) is 52.1 Å². The molecule has 0 bridgehead atoms. The molecule has 9 aromatic carbocycles. The molecule has 2 nitrogen and oxygen atoms in total. The molecule has 0 saturated carbocycles. The number of hydrogen-bond acceptors (Lipinski definition) is 3. The highest BCUT2D eigenvalue weighted by Gasteiger charge is 2.28. The molecule has 0 radical (unpaired) electrons. The molecule has 0 N–H and O–H groups in total. The van der Waals surface area contributed by atoms with Crippen LogP contribution >= 0.6 is 11.3 Å². The molecule has 248 valence electrons. The fraction of sp³-hybridized carbons (Fsp3) is 0. The molecule has 53 heavy (non-hydrogen) atoms. The first kappa shape index (κ1) is 30.0. The lowest BCUT2D eigenvalue weighted by molar-refractivity contribution is 0.670. The van der Waals surface area contributed by atoms with Crippen LogP contribution in [0.5, 0.6) is 0 Å². The summed E-state index contributed by atoms with van der Waals surface area (Å²) in [5.41, 5.74) is 9.71. The van der Waals surface area contributed by atoms with Gasteiger partial charge < -0.3 is 9.32 Å². The second-order valence-electron chi connectivity index (χ2n) is 13.6. The Balaban J connectivity index is 1.34. The fourth-order valence-electron chi connectivity index (χ4n) is 8.42. The smallest absolute Gasteiger partial charge is 0.143 e. The zero-order valence-corrected chi connectivity index (χ0v) is 29.5. The predicted octanol–water partition coefficient (Wildman–Crippen LogP) is 15.1. The van der Waals surface area contributed by atoms with Crippen molar-refractivity contribution in [1.29, 1.82) is 0 Å². The molecule has 0 saturated heterocycles. The van der Waals surface area contributed by atoms with Crippen LogP contribution in [0, 0.1) is 0 Å². The highest BCUT2D eigenvalue weighted by atomic mass is 32.1. The van der Waals surface area contributed by atoms with E-state index in [9.17, 15) is 0 Å². The van der Waals surface area contributed by atoms with E-state index in [4.69, 9.17) is 4.42 Å². The van der Waals surface area contributed by atoms with Crippen LogP contribution in [0.2, 0.25) is 0 Å². The van der Waals surface area contributed by atoms with Crippen LogP contribution in [0.25, 0.3) is 85.9 Å². The Hall–Kier alpha value is -6.68. The van der Waals surface area contributed by atoms with Crippen molar-refractivity contribution < 1.29 is 4.42 Å². The van der Waals surface area contributed by atoms with Crippen LogP contribution in [-0.2, 0) is 0 Å². The maximum Gasteiger partial charge on any atom is 0.143 e. The summed E-state index contributed by atoms with van der Waals surface area (Å²) < 4.78 is 9.24. The molecule has 11 rings (SSSR count). The van der Waals surface area contributed by atoms with Crippen molar-refractivity contribution in [3.8, 4) is 22.3 Å².